The number of terminal acetylenes is 1. The first-order valence-electron chi connectivity index (χ1n) is 6.73. The predicted octanol–water partition coefficient (Wildman–Crippen LogP) is 1.26. The van der Waals surface area contributed by atoms with E-state index < -0.39 is 35.6 Å². The van der Waals surface area contributed by atoms with Crippen LogP contribution in [0.3, 0.4) is 0 Å². The van der Waals surface area contributed by atoms with Crippen LogP contribution in [-0.2, 0) is 23.8 Å². The van der Waals surface area contributed by atoms with E-state index in [2.05, 4.69) is 20.7 Å². The largest absolute Gasteiger partial charge is 0.469 e. The molecule has 124 valence electrons. The summed E-state index contributed by atoms with van der Waals surface area (Å²) in [5.41, 5.74) is -0.717. The molecule has 0 spiro atoms. The quantitative estimate of drug-likeness (QED) is 0.451. The number of ether oxygens (including phenoxy) is 3. The van der Waals surface area contributed by atoms with Crippen LogP contribution in [0.4, 0.5) is 4.79 Å². The van der Waals surface area contributed by atoms with E-state index in [1.54, 1.807) is 20.8 Å². The van der Waals surface area contributed by atoms with E-state index >= 15 is 0 Å². The summed E-state index contributed by atoms with van der Waals surface area (Å²) >= 11 is 0. The zero-order valence-electron chi connectivity index (χ0n) is 13.6. The minimum absolute atomic E-state index is 0.0389. The predicted molar refractivity (Wildman–Crippen MR) is 78.7 cm³/mol. The van der Waals surface area contributed by atoms with Crippen LogP contribution in [-0.4, -0.2) is 43.9 Å². The standard InChI is InChI=1S/C15H23NO6/c1-7-8-10(12(17)20-5)9-11(13(18)21-6)16-14(19)22-15(2,3)4/h1,10-11H,8-9H2,2-6H3,(H,16,19)/t10-,11-/m0/s1. The number of hydrogen-bond acceptors (Lipinski definition) is 6. The smallest absolute Gasteiger partial charge is 0.408 e. The van der Waals surface area contributed by atoms with E-state index in [1.807, 2.05) is 0 Å². The van der Waals surface area contributed by atoms with Gasteiger partial charge in [-0.05, 0) is 27.2 Å². The van der Waals surface area contributed by atoms with Crippen molar-refractivity contribution >= 4 is 18.0 Å². The summed E-state index contributed by atoms with van der Waals surface area (Å²) in [6.45, 7) is 5.07. The van der Waals surface area contributed by atoms with Crippen molar-refractivity contribution in [3.8, 4) is 12.3 Å². The number of esters is 2. The maximum atomic E-state index is 11.8. The SMILES string of the molecule is C#CC[C@@H](C[C@H](NC(=O)OC(C)(C)C)C(=O)OC)C(=O)OC. The Morgan fingerprint density at radius 3 is 2.09 bits per heavy atom. The molecule has 0 heterocycles. The first-order chi connectivity index (χ1) is 10.1. The van der Waals surface area contributed by atoms with E-state index in [-0.39, 0.29) is 12.8 Å². The molecule has 2 atom stereocenters. The molecule has 0 fully saturated rings. The molecule has 1 amide bonds. The van der Waals surface area contributed by atoms with Gasteiger partial charge in [0.1, 0.15) is 11.6 Å². The van der Waals surface area contributed by atoms with Crippen molar-refractivity contribution in [1.82, 2.24) is 5.32 Å². The molecule has 7 nitrogen and oxygen atoms in total. The molecule has 0 aliphatic carbocycles. The fourth-order valence-electron chi connectivity index (χ4n) is 1.66. The lowest BCUT2D eigenvalue weighted by Gasteiger charge is -2.24. The molecule has 0 aliphatic rings. The van der Waals surface area contributed by atoms with Gasteiger partial charge in [0.25, 0.3) is 0 Å². The number of alkyl carbamates (subject to hydrolysis) is 1. The molecule has 7 heteroatoms. The fraction of sp³-hybridized carbons (Fsp3) is 0.667. The minimum atomic E-state index is -1.06. The molecule has 22 heavy (non-hydrogen) atoms. The Balaban J connectivity index is 4.98. The molecule has 0 aromatic carbocycles. The van der Waals surface area contributed by atoms with Crippen molar-refractivity contribution in [1.29, 1.82) is 0 Å². The molecule has 0 saturated heterocycles. The summed E-state index contributed by atoms with van der Waals surface area (Å²) in [6.07, 6.45) is 4.46. The molecule has 0 unspecified atom stereocenters. The molecular formula is C15H23NO6. The Hall–Kier alpha value is -2.23. The topological polar surface area (TPSA) is 90.9 Å². The van der Waals surface area contributed by atoms with Crippen LogP contribution >= 0.6 is 0 Å². The highest BCUT2D eigenvalue weighted by Crippen LogP contribution is 2.15. The Kier molecular flexibility index (Phi) is 8.02. The number of carbonyl (C=O) groups is 3. The van der Waals surface area contributed by atoms with E-state index in [1.165, 1.54) is 14.2 Å². The van der Waals surface area contributed by atoms with E-state index in [0.717, 1.165) is 0 Å². The summed E-state index contributed by atoms with van der Waals surface area (Å²) in [4.78, 5) is 35.2. The average molecular weight is 313 g/mol. The van der Waals surface area contributed by atoms with Gasteiger partial charge in [0.05, 0.1) is 20.1 Å². The van der Waals surface area contributed by atoms with Crippen molar-refractivity contribution in [2.24, 2.45) is 5.92 Å². The molecule has 0 aromatic rings. The van der Waals surface area contributed by atoms with E-state index in [9.17, 15) is 14.4 Å². The number of methoxy groups -OCH3 is 2. The molecule has 0 aliphatic heterocycles. The number of carbonyl (C=O) groups excluding carboxylic acids is 3. The van der Waals surface area contributed by atoms with Gasteiger partial charge in [-0.3, -0.25) is 4.79 Å². The molecule has 0 radical (unpaired) electrons. The summed E-state index contributed by atoms with van der Waals surface area (Å²) < 4.78 is 14.3. The average Bonchev–Trinajstić information content (AvgIpc) is 2.42. The van der Waals surface area contributed by atoms with Gasteiger partial charge in [-0.1, -0.05) is 0 Å². The lowest BCUT2D eigenvalue weighted by molar-refractivity contribution is -0.148. The third-order valence-corrected chi connectivity index (χ3v) is 2.60. The monoisotopic (exact) mass is 313 g/mol. The van der Waals surface area contributed by atoms with Crippen LogP contribution in [0.5, 0.6) is 0 Å². The number of rotatable bonds is 6. The van der Waals surface area contributed by atoms with Crippen LogP contribution < -0.4 is 5.32 Å². The maximum absolute atomic E-state index is 11.8. The normalized spacial score (nSPS) is 13.3. The van der Waals surface area contributed by atoms with Gasteiger partial charge in [-0.25, -0.2) is 9.59 Å². The van der Waals surface area contributed by atoms with Crippen LogP contribution in [0.25, 0.3) is 0 Å². The zero-order chi connectivity index (χ0) is 17.3. The van der Waals surface area contributed by atoms with Crippen molar-refractivity contribution in [2.75, 3.05) is 14.2 Å². The van der Waals surface area contributed by atoms with Crippen LogP contribution in [0, 0.1) is 18.3 Å². The van der Waals surface area contributed by atoms with Gasteiger partial charge in [0.2, 0.25) is 0 Å². The van der Waals surface area contributed by atoms with Crippen LogP contribution in [0.2, 0.25) is 0 Å². The third-order valence-electron chi connectivity index (χ3n) is 2.60. The highest BCUT2D eigenvalue weighted by molar-refractivity contribution is 5.82. The fourth-order valence-corrected chi connectivity index (χ4v) is 1.66. The highest BCUT2D eigenvalue weighted by atomic mass is 16.6. The number of amides is 1. The van der Waals surface area contributed by atoms with Gasteiger partial charge >= 0.3 is 18.0 Å². The van der Waals surface area contributed by atoms with Gasteiger partial charge in [-0.2, -0.15) is 0 Å². The number of nitrogens with one attached hydrogen (secondary N) is 1. The third kappa shape index (κ3) is 7.53. The summed E-state index contributed by atoms with van der Waals surface area (Å²) in [5.74, 6) is 0.357. The van der Waals surface area contributed by atoms with Crippen molar-refractivity contribution in [3.05, 3.63) is 0 Å². The molecular weight excluding hydrogens is 290 g/mol. The van der Waals surface area contributed by atoms with Crippen molar-refractivity contribution in [2.45, 2.75) is 45.3 Å². The molecule has 0 rings (SSSR count). The van der Waals surface area contributed by atoms with Crippen LogP contribution in [0.1, 0.15) is 33.6 Å². The minimum Gasteiger partial charge on any atom is -0.469 e. The molecule has 0 bridgehead atoms. The van der Waals surface area contributed by atoms with Crippen LogP contribution in [0.15, 0.2) is 0 Å². The van der Waals surface area contributed by atoms with Crippen molar-refractivity contribution < 1.29 is 28.6 Å². The molecule has 1 N–H and O–H groups in total. The summed E-state index contributed by atoms with van der Waals surface area (Å²) in [5, 5.41) is 2.38. The maximum Gasteiger partial charge on any atom is 0.408 e. The van der Waals surface area contributed by atoms with Gasteiger partial charge < -0.3 is 19.5 Å². The van der Waals surface area contributed by atoms with Gasteiger partial charge in [0.15, 0.2) is 0 Å². The highest BCUT2D eigenvalue weighted by Gasteiger charge is 2.30. The lowest BCUT2D eigenvalue weighted by Crippen LogP contribution is -2.45. The van der Waals surface area contributed by atoms with E-state index in [4.69, 9.17) is 11.2 Å². The first-order valence-corrected chi connectivity index (χ1v) is 6.73. The Morgan fingerprint density at radius 1 is 1.14 bits per heavy atom. The van der Waals surface area contributed by atoms with E-state index in [0.29, 0.717) is 0 Å². The molecule has 0 aromatic heterocycles. The first kappa shape index (κ1) is 19.8. The second-order valence-corrected chi connectivity index (χ2v) is 5.59. The summed E-state index contributed by atoms with van der Waals surface area (Å²) in [6, 6.07) is -1.06. The second-order valence-electron chi connectivity index (χ2n) is 5.59. The second kappa shape index (κ2) is 8.93. The summed E-state index contributed by atoms with van der Waals surface area (Å²) in [7, 11) is 2.40. The zero-order valence-corrected chi connectivity index (χ0v) is 13.6. The van der Waals surface area contributed by atoms with Gasteiger partial charge in [-0.15, -0.1) is 12.3 Å². The van der Waals surface area contributed by atoms with Crippen molar-refractivity contribution in [3.63, 3.8) is 0 Å². The lowest BCUT2D eigenvalue weighted by atomic mass is 9.97. The number of hydrogen-bond donors (Lipinski definition) is 1. The molecule has 0 saturated carbocycles. The Labute approximate surface area is 130 Å². The van der Waals surface area contributed by atoms with Gasteiger partial charge in [0, 0.05) is 6.42 Å². The Morgan fingerprint density at radius 2 is 1.68 bits per heavy atom. The Bertz CT molecular complexity index is 446.